The van der Waals surface area contributed by atoms with Crippen molar-refractivity contribution in [3.05, 3.63) is 20.8 Å². The van der Waals surface area contributed by atoms with Crippen molar-refractivity contribution in [2.45, 2.75) is 32.2 Å². The minimum absolute atomic E-state index is 0.530. The van der Waals surface area contributed by atoms with Crippen LogP contribution in [0.3, 0.4) is 0 Å². The molecule has 0 aliphatic heterocycles. The molecule has 1 aromatic heterocycles. The smallest absolute Gasteiger partial charge is 0.0701 e. The molecule has 0 aliphatic rings. The topological polar surface area (TPSA) is 12.0 Å². The van der Waals surface area contributed by atoms with Crippen LogP contribution in [0.5, 0.6) is 0 Å². The minimum Gasteiger partial charge on any atom is -0.313 e. The Kier molecular flexibility index (Phi) is 4.99. The lowest BCUT2D eigenvalue weighted by Crippen LogP contribution is -2.15. The predicted molar refractivity (Wildman–Crippen MR) is 63.3 cm³/mol. The van der Waals surface area contributed by atoms with Crippen molar-refractivity contribution in [2.75, 3.05) is 7.05 Å². The molecular formula is C10H16BrNS. The molecule has 1 atom stereocenters. The summed E-state index contributed by atoms with van der Waals surface area (Å²) in [4.78, 5) is 0. The molecule has 0 saturated heterocycles. The first kappa shape index (κ1) is 11.2. The summed E-state index contributed by atoms with van der Waals surface area (Å²) in [6.07, 6.45) is 3.79. The van der Waals surface area contributed by atoms with Gasteiger partial charge in [-0.05, 0) is 46.4 Å². The molecule has 1 rings (SSSR count). The lowest BCUT2D eigenvalue weighted by molar-refractivity contribution is 0.524. The first-order chi connectivity index (χ1) is 6.27. The first-order valence-electron chi connectivity index (χ1n) is 4.69. The number of halogens is 1. The summed E-state index contributed by atoms with van der Waals surface area (Å²) < 4.78 is 1.22. The standard InChI is InChI=1S/C10H16BrNS/c1-3-4-5-9(12-2)8-6-10(11)13-7-8/h6-7,9,12H,3-5H2,1-2H3. The summed E-state index contributed by atoms with van der Waals surface area (Å²) in [5.74, 6) is 0. The van der Waals surface area contributed by atoms with Crippen LogP contribution in [0, 0.1) is 0 Å². The van der Waals surface area contributed by atoms with E-state index in [1.54, 1.807) is 11.3 Å². The Morgan fingerprint density at radius 2 is 2.38 bits per heavy atom. The lowest BCUT2D eigenvalue weighted by atomic mass is 10.0. The van der Waals surface area contributed by atoms with Crippen LogP contribution >= 0.6 is 27.3 Å². The summed E-state index contributed by atoms with van der Waals surface area (Å²) >= 11 is 5.25. The zero-order chi connectivity index (χ0) is 9.68. The molecule has 0 saturated carbocycles. The van der Waals surface area contributed by atoms with E-state index in [0.29, 0.717) is 6.04 Å². The van der Waals surface area contributed by atoms with Gasteiger partial charge in [-0.15, -0.1) is 11.3 Å². The van der Waals surface area contributed by atoms with Crippen molar-refractivity contribution in [3.8, 4) is 0 Å². The molecule has 1 aromatic rings. The van der Waals surface area contributed by atoms with Crippen molar-refractivity contribution < 1.29 is 0 Å². The second-order valence-electron chi connectivity index (χ2n) is 3.17. The molecule has 0 aliphatic carbocycles. The van der Waals surface area contributed by atoms with Gasteiger partial charge in [0.2, 0.25) is 0 Å². The van der Waals surface area contributed by atoms with Crippen LogP contribution in [0.2, 0.25) is 0 Å². The molecule has 0 radical (unpaired) electrons. The Morgan fingerprint density at radius 3 is 2.85 bits per heavy atom. The van der Waals surface area contributed by atoms with E-state index in [-0.39, 0.29) is 0 Å². The van der Waals surface area contributed by atoms with E-state index in [2.05, 4.69) is 39.6 Å². The van der Waals surface area contributed by atoms with Gasteiger partial charge in [0.05, 0.1) is 3.79 Å². The van der Waals surface area contributed by atoms with Crippen molar-refractivity contribution in [1.82, 2.24) is 5.32 Å². The third-order valence-corrected chi connectivity index (χ3v) is 3.71. The highest BCUT2D eigenvalue weighted by molar-refractivity contribution is 9.11. The summed E-state index contributed by atoms with van der Waals surface area (Å²) in [7, 11) is 2.03. The van der Waals surface area contributed by atoms with Gasteiger partial charge in [-0.25, -0.2) is 0 Å². The maximum atomic E-state index is 3.49. The molecule has 0 fully saturated rings. The van der Waals surface area contributed by atoms with E-state index in [0.717, 1.165) is 0 Å². The summed E-state index contributed by atoms with van der Waals surface area (Å²) in [5.41, 5.74) is 1.41. The van der Waals surface area contributed by atoms with Crippen molar-refractivity contribution >= 4 is 27.3 Å². The number of nitrogens with one attached hydrogen (secondary N) is 1. The Balaban J connectivity index is 2.56. The summed E-state index contributed by atoms with van der Waals surface area (Å²) in [6.45, 7) is 2.23. The van der Waals surface area contributed by atoms with Crippen molar-refractivity contribution in [1.29, 1.82) is 0 Å². The van der Waals surface area contributed by atoms with Gasteiger partial charge < -0.3 is 5.32 Å². The monoisotopic (exact) mass is 261 g/mol. The molecule has 0 amide bonds. The van der Waals surface area contributed by atoms with E-state index in [1.807, 2.05) is 7.05 Å². The van der Waals surface area contributed by atoms with E-state index in [4.69, 9.17) is 0 Å². The molecule has 13 heavy (non-hydrogen) atoms. The number of thiophene rings is 1. The predicted octanol–water partition coefficient (Wildman–Crippen LogP) is 3.96. The summed E-state index contributed by atoms with van der Waals surface area (Å²) in [5, 5.41) is 5.58. The molecule has 1 unspecified atom stereocenters. The molecule has 0 spiro atoms. The largest absolute Gasteiger partial charge is 0.313 e. The Bertz CT molecular complexity index is 247. The van der Waals surface area contributed by atoms with Gasteiger partial charge in [0, 0.05) is 6.04 Å². The third kappa shape index (κ3) is 3.41. The Morgan fingerprint density at radius 1 is 1.62 bits per heavy atom. The van der Waals surface area contributed by atoms with Gasteiger partial charge in [0.25, 0.3) is 0 Å². The van der Waals surface area contributed by atoms with Gasteiger partial charge in [-0.2, -0.15) is 0 Å². The van der Waals surface area contributed by atoms with E-state index < -0.39 is 0 Å². The zero-order valence-electron chi connectivity index (χ0n) is 8.14. The molecule has 1 nitrogen and oxygen atoms in total. The van der Waals surface area contributed by atoms with Crippen LogP contribution in [0.4, 0.5) is 0 Å². The van der Waals surface area contributed by atoms with Gasteiger partial charge >= 0.3 is 0 Å². The lowest BCUT2D eigenvalue weighted by Gasteiger charge is -2.13. The molecule has 1 N–H and O–H groups in total. The number of hydrogen-bond acceptors (Lipinski definition) is 2. The molecule has 0 aromatic carbocycles. The zero-order valence-corrected chi connectivity index (χ0v) is 10.5. The number of rotatable bonds is 5. The number of hydrogen-bond donors (Lipinski definition) is 1. The average Bonchev–Trinajstić information content (AvgIpc) is 2.54. The Labute approximate surface area is 92.7 Å². The van der Waals surface area contributed by atoms with Crippen LogP contribution in [0.15, 0.2) is 15.2 Å². The first-order valence-corrected chi connectivity index (χ1v) is 6.36. The number of unbranched alkanes of at least 4 members (excludes halogenated alkanes) is 1. The fraction of sp³-hybridized carbons (Fsp3) is 0.600. The highest BCUT2D eigenvalue weighted by atomic mass is 79.9. The van der Waals surface area contributed by atoms with Crippen molar-refractivity contribution in [3.63, 3.8) is 0 Å². The molecule has 0 bridgehead atoms. The van der Waals surface area contributed by atoms with Crippen LogP contribution < -0.4 is 5.32 Å². The van der Waals surface area contributed by atoms with Crippen LogP contribution in [0.1, 0.15) is 37.8 Å². The van der Waals surface area contributed by atoms with Gasteiger partial charge in [0.15, 0.2) is 0 Å². The fourth-order valence-electron chi connectivity index (χ4n) is 1.39. The second kappa shape index (κ2) is 5.78. The van der Waals surface area contributed by atoms with Crippen LogP contribution in [0.25, 0.3) is 0 Å². The molecular weight excluding hydrogens is 246 g/mol. The van der Waals surface area contributed by atoms with E-state index >= 15 is 0 Å². The average molecular weight is 262 g/mol. The maximum absolute atomic E-state index is 3.49. The highest BCUT2D eigenvalue weighted by Crippen LogP contribution is 2.27. The van der Waals surface area contributed by atoms with Crippen LogP contribution in [-0.4, -0.2) is 7.05 Å². The van der Waals surface area contributed by atoms with Gasteiger partial charge in [-0.3, -0.25) is 0 Å². The van der Waals surface area contributed by atoms with E-state index in [9.17, 15) is 0 Å². The second-order valence-corrected chi connectivity index (χ2v) is 5.46. The van der Waals surface area contributed by atoms with Gasteiger partial charge in [0.1, 0.15) is 0 Å². The summed E-state index contributed by atoms with van der Waals surface area (Å²) in [6, 6.07) is 2.74. The molecule has 3 heteroatoms. The Hall–Kier alpha value is 0.140. The van der Waals surface area contributed by atoms with Crippen LogP contribution in [-0.2, 0) is 0 Å². The third-order valence-electron chi connectivity index (χ3n) is 2.18. The minimum atomic E-state index is 0.530. The maximum Gasteiger partial charge on any atom is 0.0701 e. The molecule has 1 heterocycles. The quantitative estimate of drug-likeness (QED) is 0.846. The van der Waals surface area contributed by atoms with E-state index in [1.165, 1.54) is 28.6 Å². The fourth-order valence-corrected chi connectivity index (χ4v) is 2.62. The molecule has 74 valence electrons. The van der Waals surface area contributed by atoms with Crippen molar-refractivity contribution in [2.24, 2.45) is 0 Å². The normalized spacial score (nSPS) is 13.2. The highest BCUT2D eigenvalue weighted by Gasteiger charge is 2.09. The SMILES string of the molecule is CCCCC(NC)c1csc(Br)c1. The van der Waals surface area contributed by atoms with Gasteiger partial charge in [-0.1, -0.05) is 19.8 Å².